The van der Waals surface area contributed by atoms with E-state index in [1.807, 2.05) is 0 Å². The zero-order valence-corrected chi connectivity index (χ0v) is 6.84. The fourth-order valence-electron chi connectivity index (χ4n) is 0.877. The molecule has 0 bridgehead atoms. The largest absolute Gasteiger partial charge is 0.420 e. The van der Waals surface area contributed by atoms with Gasteiger partial charge in [0.2, 0.25) is 0 Å². The number of aromatic nitrogens is 1. The van der Waals surface area contributed by atoms with E-state index in [4.69, 9.17) is 5.11 Å². The number of pyridine rings is 1. The van der Waals surface area contributed by atoms with Crippen LogP contribution in [0.1, 0.15) is 17.4 Å². The molecule has 1 heterocycles. The van der Waals surface area contributed by atoms with E-state index in [2.05, 4.69) is 4.98 Å². The average molecular weight is 191 g/mol. The molecular weight excluding hydrogens is 183 g/mol. The molecule has 0 saturated heterocycles. The minimum Gasteiger partial charge on any atom is -0.378 e. The molecule has 0 radical (unpaired) electrons. The molecular formula is C8H8F3NO. The number of aryl methyl sites for hydroxylation is 1. The lowest BCUT2D eigenvalue weighted by atomic mass is 10.2. The third kappa shape index (κ3) is 2.42. The highest BCUT2D eigenvalue weighted by Gasteiger charge is 2.40. The summed E-state index contributed by atoms with van der Waals surface area (Å²) in [7, 11) is 0. The van der Waals surface area contributed by atoms with Crippen LogP contribution in [0.25, 0.3) is 0 Å². The molecule has 1 N–H and O–H groups in total. The predicted octanol–water partition coefficient (Wildman–Crippen LogP) is 1.99. The highest BCUT2D eigenvalue weighted by Crippen LogP contribution is 2.31. The Morgan fingerprint density at radius 2 is 2.08 bits per heavy atom. The summed E-state index contributed by atoms with van der Waals surface area (Å²) in [6, 6.07) is 2.77. The van der Waals surface area contributed by atoms with Crippen molar-refractivity contribution >= 4 is 0 Å². The van der Waals surface area contributed by atoms with E-state index < -0.39 is 12.3 Å². The van der Waals surface area contributed by atoms with Gasteiger partial charge in [0.15, 0.2) is 6.10 Å². The molecule has 0 fully saturated rings. The average Bonchev–Trinajstić information content (AvgIpc) is 2.01. The van der Waals surface area contributed by atoms with Gasteiger partial charge in [-0.25, -0.2) is 0 Å². The van der Waals surface area contributed by atoms with E-state index in [0.717, 1.165) is 0 Å². The molecule has 0 aliphatic heterocycles. The molecule has 1 rings (SSSR count). The Labute approximate surface area is 73.0 Å². The van der Waals surface area contributed by atoms with Crippen molar-refractivity contribution in [3.8, 4) is 0 Å². The van der Waals surface area contributed by atoms with E-state index >= 15 is 0 Å². The first-order valence-electron chi connectivity index (χ1n) is 3.58. The van der Waals surface area contributed by atoms with Crippen molar-refractivity contribution in [2.45, 2.75) is 19.2 Å². The number of halogens is 3. The Morgan fingerprint density at radius 1 is 1.46 bits per heavy atom. The van der Waals surface area contributed by atoms with E-state index in [9.17, 15) is 13.2 Å². The number of aliphatic hydroxyl groups excluding tert-OH is 1. The van der Waals surface area contributed by atoms with Crippen molar-refractivity contribution in [1.82, 2.24) is 4.98 Å². The number of hydrogen-bond acceptors (Lipinski definition) is 2. The SMILES string of the molecule is Cc1ccnc(C(O)C(F)(F)F)c1. The molecule has 1 aromatic rings. The molecule has 2 nitrogen and oxygen atoms in total. The van der Waals surface area contributed by atoms with Crippen LogP contribution < -0.4 is 0 Å². The summed E-state index contributed by atoms with van der Waals surface area (Å²) in [4.78, 5) is 3.44. The molecule has 5 heteroatoms. The van der Waals surface area contributed by atoms with Gasteiger partial charge in [-0.05, 0) is 24.6 Å². The quantitative estimate of drug-likeness (QED) is 0.736. The van der Waals surface area contributed by atoms with Crippen LogP contribution in [0.3, 0.4) is 0 Å². The van der Waals surface area contributed by atoms with Crippen LogP contribution in [0.2, 0.25) is 0 Å². The van der Waals surface area contributed by atoms with E-state index in [0.29, 0.717) is 5.56 Å². The van der Waals surface area contributed by atoms with Gasteiger partial charge in [-0.2, -0.15) is 13.2 Å². The van der Waals surface area contributed by atoms with Crippen molar-refractivity contribution < 1.29 is 18.3 Å². The molecule has 1 unspecified atom stereocenters. The summed E-state index contributed by atoms with van der Waals surface area (Å²) in [6.07, 6.45) is -5.91. The summed E-state index contributed by atoms with van der Waals surface area (Å²) >= 11 is 0. The van der Waals surface area contributed by atoms with Crippen molar-refractivity contribution in [1.29, 1.82) is 0 Å². The molecule has 0 spiro atoms. The molecule has 72 valence electrons. The van der Waals surface area contributed by atoms with E-state index in [-0.39, 0.29) is 5.69 Å². The van der Waals surface area contributed by atoms with Crippen LogP contribution in [-0.2, 0) is 0 Å². The Hall–Kier alpha value is -1.10. The fourth-order valence-corrected chi connectivity index (χ4v) is 0.877. The summed E-state index contributed by atoms with van der Waals surface area (Å²) in [6.45, 7) is 1.63. The number of rotatable bonds is 1. The molecule has 1 atom stereocenters. The Balaban J connectivity index is 2.96. The maximum atomic E-state index is 12.0. The van der Waals surface area contributed by atoms with Crippen molar-refractivity contribution in [3.05, 3.63) is 29.6 Å². The van der Waals surface area contributed by atoms with Gasteiger partial charge in [-0.3, -0.25) is 4.98 Å². The summed E-state index contributed by atoms with van der Waals surface area (Å²) in [5, 5.41) is 8.79. The smallest absolute Gasteiger partial charge is 0.378 e. The van der Waals surface area contributed by atoms with E-state index in [1.165, 1.54) is 12.3 Å². The van der Waals surface area contributed by atoms with Gasteiger partial charge in [0.05, 0.1) is 5.69 Å². The standard InChI is InChI=1S/C8H8F3NO/c1-5-2-3-12-6(4-5)7(13)8(9,10)11/h2-4,7,13H,1H3. The molecule has 0 aliphatic rings. The number of hydrogen-bond donors (Lipinski definition) is 1. The molecule has 0 aromatic carbocycles. The van der Waals surface area contributed by atoms with Gasteiger partial charge in [-0.15, -0.1) is 0 Å². The van der Waals surface area contributed by atoms with Crippen LogP contribution in [0.4, 0.5) is 13.2 Å². The van der Waals surface area contributed by atoms with Crippen LogP contribution >= 0.6 is 0 Å². The first kappa shape index (κ1) is 9.98. The second-order valence-corrected chi connectivity index (χ2v) is 2.70. The van der Waals surface area contributed by atoms with Crippen molar-refractivity contribution in [3.63, 3.8) is 0 Å². The number of nitrogens with zero attached hydrogens (tertiary/aromatic N) is 1. The van der Waals surface area contributed by atoms with Gasteiger partial charge in [0.1, 0.15) is 0 Å². The minimum atomic E-state index is -4.65. The van der Waals surface area contributed by atoms with Crippen LogP contribution in [-0.4, -0.2) is 16.3 Å². The Morgan fingerprint density at radius 3 is 2.54 bits per heavy atom. The fraction of sp³-hybridized carbons (Fsp3) is 0.375. The number of alkyl halides is 3. The molecule has 1 aromatic heterocycles. The lowest BCUT2D eigenvalue weighted by Gasteiger charge is -2.13. The third-order valence-electron chi connectivity index (χ3n) is 1.53. The summed E-state index contributed by atoms with van der Waals surface area (Å²) in [5.41, 5.74) is 0.265. The first-order chi connectivity index (χ1) is 5.91. The summed E-state index contributed by atoms with van der Waals surface area (Å²) < 4.78 is 35.9. The van der Waals surface area contributed by atoms with E-state index in [1.54, 1.807) is 13.0 Å². The Kier molecular flexibility index (Phi) is 2.56. The summed E-state index contributed by atoms with van der Waals surface area (Å²) in [5.74, 6) is 0. The topological polar surface area (TPSA) is 33.1 Å². The van der Waals surface area contributed by atoms with Gasteiger partial charge >= 0.3 is 6.18 Å². The third-order valence-corrected chi connectivity index (χ3v) is 1.53. The second kappa shape index (κ2) is 3.33. The minimum absolute atomic E-state index is 0.368. The van der Waals surface area contributed by atoms with Crippen molar-refractivity contribution in [2.24, 2.45) is 0 Å². The normalized spacial score (nSPS) is 14.2. The lowest BCUT2D eigenvalue weighted by molar-refractivity contribution is -0.207. The molecule has 13 heavy (non-hydrogen) atoms. The van der Waals surface area contributed by atoms with Crippen LogP contribution in [0.5, 0.6) is 0 Å². The predicted molar refractivity (Wildman–Crippen MR) is 40.0 cm³/mol. The second-order valence-electron chi connectivity index (χ2n) is 2.70. The monoisotopic (exact) mass is 191 g/mol. The zero-order valence-electron chi connectivity index (χ0n) is 6.84. The maximum Gasteiger partial charge on any atom is 0.420 e. The van der Waals surface area contributed by atoms with Gasteiger partial charge in [0.25, 0.3) is 0 Å². The van der Waals surface area contributed by atoms with Crippen LogP contribution in [0.15, 0.2) is 18.3 Å². The van der Waals surface area contributed by atoms with Crippen LogP contribution in [0, 0.1) is 6.92 Å². The van der Waals surface area contributed by atoms with Gasteiger partial charge < -0.3 is 5.11 Å². The first-order valence-corrected chi connectivity index (χ1v) is 3.58. The Bertz CT molecular complexity index is 298. The number of aliphatic hydroxyl groups is 1. The molecule has 0 saturated carbocycles. The zero-order chi connectivity index (χ0) is 10.1. The lowest BCUT2D eigenvalue weighted by Crippen LogP contribution is -2.21. The van der Waals surface area contributed by atoms with Crippen molar-refractivity contribution in [2.75, 3.05) is 0 Å². The van der Waals surface area contributed by atoms with Gasteiger partial charge in [-0.1, -0.05) is 0 Å². The molecule has 0 aliphatic carbocycles. The highest BCUT2D eigenvalue weighted by atomic mass is 19.4. The maximum absolute atomic E-state index is 12.0. The molecule has 0 amide bonds. The van der Waals surface area contributed by atoms with Gasteiger partial charge in [0, 0.05) is 6.20 Å². The highest BCUT2D eigenvalue weighted by molar-refractivity contribution is 5.16.